The SMILES string of the molecule is C=C[C@]1(C)C[C@](O)([C@H]2OC2(C)C)Oc2c1c(=O)oc1cccc(CC)c21. The van der Waals surface area contributed by atoms with Crippen LogP contribution in [0.1, 0.15) is 45.2 Å². The van der Waals surface area contributed by atoms with Crippen LogP contribution >= 0.6 is 0 Å². The Morgan fingerprint density at radius 1 is 1.35 bits per heavy atom. The summed E-state index contributed by atoms with van der Waals surface area (Å²) < 4.78 is 17.4. The Hall–Kier alpha value is -2.11. The van der Waals surface area contributed by atoms with Gasteiger partial charge in [0, 0.05) is 11.8 Å². The second kappa shape index (κ2) is 5.21. The molecule has 1 aromatic carbocycles. The summed E-state index contributed by atoms with van der Waals surface area (Å²) in [6.45, 7) is 11.6. The van der Waals surface area contributed by atoms with Crippen molar-refractivity contribution < 1.29 is 19.0 Å². The minimum Gasteiger partial charge on any atom is -0.458 e. The summed E-state index contributed by atoms with van der Waals surface area (Å²) in [5, 5.41) is 12.1. The first-order valence-corrected chi connectivity index (χ1v) is 8.97. The van der Waals surface area contributed by atoms with E-state index in [1.165, 1.54) is 0 Å². The van der Waals surface area contributed by atoms with Gasteiger partial charge in [-0.25, -0.2) is 4.79 Å². The van der Waals surface area contributed by atoms with Gasteiger partial charge in [0.2, 0.25) is 5.79 Å². The highest BCUT2D eigenvalue weighted by molar-refractivity contribution is 5.88. The molecule has 5 heteroatoms. The standard InChI is InChI=1S/C21H24O5/c1-6-12-9-8-10-13-14(12)16-15(17(22)24-13)20(5,7-2)11-21(23,25-16)18-19(3,4)26-18/h7-10,18,23H,2,6,11H2,1,3-5H3/t18-,20+,21+/m0/s1. The van der Waals surface area contributed by atoms with Gasteiger partial charge in [-0.05, 0) is 31.9 Å². The summed E-state index contributed by atoms with van der Waals surface area (Å²) in [7, 11) is 0. The van der Waals surface area contributed by atoms with Gasteiger partial charge in [-0.1, -0.05) is 32.1 Å². The fourth-order valence-electron chi connectivity index (χ4n) is 4.23. The van der Waals surface area contributed by atoms with Gasteiger partial charge in [-0.2, -0.15) is 0 Å². The molecule has 2 aromatic rings. The largest absolute Gasteiger partial charge is 0.458 e. The minimum atomic E-state index is -1.54. The predicted molar refractivity (Wildman–Crippen MR) is 98.6 cm³/mol. The molecular weight excluding hydrogens is 332 g/mol. The molecule has 0 amide bonds. The maximum atomic E-state index is 12.8. The molecule has 1 N–H and O–H groups in total. The van der Waals surface area contributed by atoms with Crippen LogP contribution < -0.4 is 10.4 Å². The zero-order valence-corrected chi connectivity index (χ0v) is 15.6. The van der Waals surface area contributed by atoms with Crippen LogP contribution in [0.2, 0.25) is 0 Å². The Morgan fingerprint density at radius 3 is 2.62 bits per heavy atom. The van der Waals surface area contributed by atoms with Gasteiger partial charge in [-0.3, -0.25) is 0 Å². The predicted octanol–water partition coefficient (Wildman–Crippen LogP) is 3.45. The lowest BCUT2D eigenvalue weighted by Crippen LogP contribution is -2.53. The topological polar surface area (TPSA) is 72.2 Å². The first kappa shape index (κ1) is 17.3. The van der Waals surface area contributed by atoms with Gasteiger partial charge in [0.05, 0.1) is 16.6 Å². The highest BCUT2D eigenvalue weighted by Crippen LogP contribution is 2.53. The zero-order valence-electron chi connectivity index (χ0n) is 15.6. The summed E-state index contributed by atoms with van der Waals surface area (Å²) in [6.07, 6.45) is 2.13. The normalized spacial score (nSPS) is 32.0. The van der Waals surface area contributed by atoms with Gasteiger partial charge in [0.25, 0.3) is 0 Å². The quantitative estimate of drug-likeness (QED) is 0.518. The molecule has 5 nitrogen and oxygen atoms in total. The number of allylic oxidation sites excluding steroid dienone is 1. The fourth-order valence-corrected chi connectivity index (χ4v) is 4.23. The summed E-state index contributed by atoms with van der Waals surface area (Å²) in [5.41, 5.74) is 0.135. The third-order valence-corrected chi connectivity index (χ3v) is 5.68. The second-order valence-corrected chi connectivity index (χ2v) is 8.08. The molecule has 4 rings (SSSR count). The van der Waals surface area contributed by atoms with E-state index in [0.717, 1.165) is 17.4 Å². The molecule has 2 aliphatic heterocycles. The van der Waals surface area contributed by atoms with Crippen molar-refractivity contribution in [2.45, 2.75) is 63.4 Å². The van der Waals surface area contributed by atoms with Crippen LogP contribution in [0, 0.1) is 0 Å². The highest BCUT2D eigenvalue weighted by atomic mass is 16.7. The lowest BCUT2D eigenvalue weighted by molar-refractivity contribution is -0.175. The van der Waals surface area contributed by atoms with Crippen LogP contribution in [0.3, 0.4) is 0 Å². The van der Waals surface area contributed by atoms with Gasteiger partial charge < -0.3 is 19.0 Å². The lowest BCUT2D eigenvalue weighted by atomic mass is 9.73. The highest BCUT2D eigenvalue weighted by Gasteiger charge is 2.65. The monoisotopic (exact) mass is 356 g/mol. The number of hydrogen-bond donors (Lipinski definition) is 1. The third kappa shape index (κ3) is 2.27. The van der Waals surface area contributed by atoms with Gasteiger partial charge in [0.1, 0.15) is 11.3 Å². The molecule has 0 radical (unpaired) electrons. The number of rotatable bonds is 3. The van der Waals surface area contributed by atoms with Crippen LogP contribution in [0.15, 0.2) is 40.1 Å². The second-order valence-electron chi connectivity index (χ2n) is 8.08. The van der Waals surface area contributed by atoms with E-state index in [9.17, 15) is 9.90 Å². The molecular formula is C21H24O5. The van der Waals surface area contributed by atoms with Crippen LogP contribution in [0.5, 0.6) is 5.75 Å². The van der Waals surface area contributed by atoms with E-state index >= 15 is 0 Å². The summed E-state index contributed by atoms with van der Waals surface area (Å²) in [6, 6.07) is 5.57. The Morgan fingerprint density at radius 2 is 2.04 bits per heavy atom. The molecule has 26 heavy (non-hydrogen) atoms. The van der Waals surface area contributed by atoms with Crippen molar-refractivity contribution in [3.05, 3.63) is 52.4 Å². The number of fused-ring (bicyclic) bond motifs is 3. The fraction of sp³-hybridized carbons (Fsp3) is 0.476. The number of epoxide rings is 1. The smallest absolute Gasteiger partial charge is 0.344 e. The summed E-state index contributed by atoms with van der Waals surface area (Å²) in [5.74, 6) is -1.16. The molecule has 1 aromatic heterocycles. The Labute approximate surface area is 152 Å². The van der Waals surface area contributed by atoms with Gasteiger partial charge >= 0.3 is 5.63 Å². The minimum absolute atomic E-state index is 0.176. The molecule has 1 fully saturated rings. The van der Waals surface area contributed by atoms with Crippen LogP contribution in [0.25, 0.3) is 11.0 Å². The van der Waals surface area contributed by atoms with Crippen LogP contribution in [-0.4, -0.2) is 22.6 Å². The van der Waals surface area contributed by atoms with Crippen LogP contribution in [-0.2, 0) is 16.6 Å². The van der Waals surface area contributed by atoms with Gasteiger partial charge in [0.15, 0.2) is 6.10 Å². The summed E-state index contributed by atoms with van der Waals surface area (Å²) in [4.78, 5) is 12.8. The number of benzene rings is 1. The molecule has 2 aliphatic rings. The number of hydrogen-bond acceptors (Lipinski definition) is 5. The summed E-state index contributed by atoms with van der Waals surface area (Å²) >= 11 is 0. The molecule has 138 valence electrons. The van der Waals surface area contributed by atoms with E-state index in [0.29, 0.717) is 16.9 Å². The van der Waals surface area contributed by atoms with Gasteiger partial charge in [-0.15, -0.1) is 6.58 Å². The van der Waals surface area contributed by atoms with Crippen molar-refractivity contribution in [2.24, 2.45) is 0 Å². The van der Waals surface area contributed by atoms with Crippen LogP contribution in [0.4, 0.5) is 0 Å². The maximum absolute atomic E-state index is 12.8. The van der Waals surface area contributed by atoms with E-state index in [2.05, 4.69) is 6.58 Å². The molecule has 0 bridgehead atoms. The number of aryl methyl sites for hydroxylation is 1. The first-order valence-electron chi connectivity index (χ1n) is 8.97. The third-order valence-electron chi connectivity index (χ3n) is 5.68. The van der Waals surface area contributed by atoms with Crippen molar-refractivity contribution in [3.8, 4) is 5.75 Å². The lowest BCUT2D eigenvalue weighted by Gasteiger charge is -2.42. The Kier molecular flexibility index (Phi) is 3.47. The molecule has 0 saturated carbocycles. The van der Waals surface area contributed by atoms with Crippen molar-refractivity contribution in [2.75, 3.05) is 0 Å². The molecule has 0 aliphatic carbocycles. The van der Waals surface area contributed by atoms with Crippen molar-refractivity contribution >= 4 is 11.0 Å². The number of ether oxygens (including phenoxy) is 2. The zero-order chi connectivity index (χ0) is 18.9. The van der Waals surface area contributed by atoms with Crippen molar-refractivity contribution in [1.29, 1.82) is 0 Å². The molecule has 3 heterocycles. The molecule has 3 atom stereocenters. The van der Waals surface area contributed by atoms with E-state index in [-0.39, 0.29) is 6.42 Å². The maximum Gasteiger partial charge on any atom is 0.344 e. The first-order chi connectivity index (χ1) is 12.1. The van der Waals surface area contributed by atoms with Crippen molar-refractivity contribution in [1.82, 2.24) is 0 Å². The van der Waals surface area contributed by atoms with Crippen molar-refractivity contribution in [3.63, 3.8) is 0 Å². The van der Waals surface area contributed by atoms with E-state index < -0.39 is 28.5 Å². The average Bonchev–Trinajstić information content (AvgIpc) is 3.23. The van der Waals surface area contributed by atoms with E-state index in [1.54, 1.807) is 12.1 Å². The average molecular weight is 356 g/mol. The molecule has 1 saturated heterocycles. The Balaban J connectivity index is 2.04. The number of aliphatic hydroxyl groups is 1. The molecule has 0 spiro atoms. The van der Waals surface area contributed by atoms with E-state index in [1.807, 2.05) is 39.8 Å². The molecule has 0 unspecified atom stereocenters. The van der Waals surface area contributed by atoms with E-state index in [4.69, 9.17) is 13.9 Å². The Bertz CT molecular complexity index is 972.